The van der Waals surface area contributed by atoms with Crippen LogP contribution in [0.4, 0.5) is 0 Å². The highest BCUT2D eigenvalue weighted by atomic mass is 35.5. The number of nitrogens with zero attached hydrogens (tertiary/aromatic N) is 3. The van der Waals surface area contributed by atoms with Gasteiger partial charge in [-0.3, -0.25) is 9.69 Å². The highest BCUT2D eigenvalue weighted by Crippen LogP contribution is 2.34. The van der Waals surface area contributed by atoms with Gasteiger partial charge in [0, 0.05) is 6.04 Å². The van der Waals surface area contributed by atoms with E-state index >= 15 is 0 Å². The third-order valence-corrected chi connectivity index (χ3v) is 4.68. The fraction of sp³-hybridized carbons (Fsp3) is 0.333. The molecular formula is C15H15Cl2N3O. The van der Waals surface area contributed by atoms with Crippen molar-refractivity contribution in [2.75, 3.05) is 7.05 Å². The number of benzene rings is 1. The monoisotopic (exact) mass is 323 g/mol. The molecule has 0 saturated carbocycles. The van der Waals surface area contributed by atoms with Crippen LogP contribution in [0.5, 0.6) is 0 Å². The zero-order chi connectivity index (χ0) is 15.0. The normalized spacial score (nSPS) is 17.2. The Morgan fingerprint density at radius 1 is 1.38 bits per heavy atom. The van der Waals surface area contributed by atoms with Gasteiger partial charge in [0.2, 0.25) is 0 Å². The molecule has 1 atom stereocenters. The summed E-state index contributed by atoms with van der Waals surface area (Å²) >= 11 is 11.7. The van der Waals surface area contributed by atoms with E-state index in [0.29, 0.717) is 12.7 Å². The van der Waals surface area contributed by atoms with Gasteiger partial charge in [0.05, 0.1) is 17.9 Å². The molecule has 110 valence electrons. The van der Waals surface area contributed by atoms with Gasteiger partial charge in [-0.25, -0.2) is 4.68 Å². The summed E-state index contributed by atoms with van der Waals surface area (Å²) in [4.78, 5) is 14.2. The van der Waals surface area contributed by atoms with Crippen molar-refractivity contribution in [3.63, 3.8) is 0 Å². The van der Waals surface area contributed by atoms with E-state index in [1.165, 1.54) is 22.0 Å². The van der Waals surface area contributed by atoms with Crippen LogP contribution in [0.1, 0.15) is 23.6 Å². The molecule has 2 aromatic rings. The second-order valence-corrected chi connectivity index (χ2v) is 6.05. The lowest BCUT2D eigenvalue weighted by molar-refractivity contribution is 0.179. The minimum atomic E-state index is -0.359. The largest absolute Gasteiger partial charge is 0.288 e. The Morgan fingerprint density at radius 2 is 2.14 bits per heavy atom. The maximum Gasteiger partial charge on any atom is 0.288 e. The molecule has 1 aromatic carbocycles. The average Bonchev–Trinajstić information content (AvgIpc) is 2.92. The average molecular weight is 324 g/mol. The first-order valence-electron chi connectivity index (χ1n) is 6.77. The van der Waals surface area contributed by atoms with Crippen LogP contribution in [-0.4, -0.2) is 21.7 Å². The summed E-state index contributed by atoms with van der Waals surface area (Å²) in [7, 11) is 1.99. The third kappa shape index (κ3) is 2.71. The van der Waals surface area contributed by atoms with Gasteiger partial charge in [-0.2, -0.15) is 5.10 Å². The molecule has 1 aliphatic carbocycles. The summed E-state index contributed by atoms with van der Waals surface area (Å²) in [5.74, 6) is 0. The lowest BCUT2D eigenvalue weighted by atomic mass is 10.1. The molecule has 3 rings (SSSR count). The molecule has 1 aliphatic rings. The zero-order valence-corrected chi connectivity index (χ0v) is 13.1. The molecule has 0 spiro atoms. The van der Waals surface area contributed by atoms with Gasteiger partial charge in [0.15, 0.2) is 0 Å². The standard InChI is InChI=1S/C15H15Cl2N3O/c1-19(9-20-15(21)14(17)12(16)8-18-20)13-7-6-10-4-2-3-5-11(10)13/h2-5,8,13H,6-7,9H2,1H3. The Hall–Kier alpha value is -1.36. The second kappa shape index (κ2) is 5.79. The molecule has 1 unspecified atom stereocenters. The first kappa shape index (κ1) is 14.6. The van der Waals surface area contributed by atoms with E-state index in [1.807, 2.05) is 7.05 Å². The molecule has 21 heavy (non-hydrogen) atoms. The predicted molar refractivity (Wildman–Crippen MR) is 83.8 cm³/mol. The van der Waals surface area contributed by atoms with Crippen LogP contribution in [0.3, 0.4) is 0 Å². The number of halogens is 2. The summed E-state index contributed by atoms with van der Waals surface area (Å²) in [6.07, 6.45) is 3.52. The van der Waals surface area contributed by atoms with Crippen molar-refractivity contribution < 1.29 is 0 Å². The van der Waals surface area contributed by atoms with E-state index in [2.05, 4.69) is 34.3 Å². The number of aromatic nitrogens is 2. The van der Waals surface area contributed by atoms with Crippen molar-refractivity contribution in [1.29, 1.82) is 0 Å². The van der Waals surface area contributed by atoms with E-state index in [4.69, 9.17) is 23.2 Å². The van der Waals surface area contributed by atoms with Gasteiger partial charge in [0.1, 0.15) is 5.02 Å². The van der Waals surface area contributed by atoms with Crippen molar-refractivity contribution in [2.45, 2.75) is 25.6 Å². The SMILES string of the molecule is CN(Cn1ncc(Cl)c(Cl)c1=O)C1CCc2ccccc21. The van der Waals surface area contributed by atoms with Crippen molar-refractivity contribution in [1.82, 2.24) is 14.7 Å². The van der Waals surface area contributed by atoms with Crippen LogP contribution < -0.4 is 5.56 Å². The lowest BCUT2D eigenvalue weighted by Crippen LogP contribution is -2.33. The van der Waals surface area contributed by atoms with Crippen molar-refractivity contribution in [2.24, 2.45) is 0 Å². The maximum absolute atomic E-state index is 12.0. The number of rotatable bonds is 3. The number of fused-ring (bicyclic) bond motifs is 1. The van der Waals surface area contributed by atoms with E-state index in [9.17, 15) is 4.79 Å². The molecule has 0 amide bonds. The van der Waals surface area contributed by atoms with E-state index in [0.717, 1.165) is 12.8 Å². The Balaban J connectivity index is 1.84. The molecule has 0 radical (unpaired) electrons. The van der Waals surface area contributed by atoms with Crippen LogP contribution in [0.2, 0.25) is 10.0 Å². The van der Waals surface area contributed by atoms with Crippen LogP contribution in [0.25, 0.3) is 0 Å². The van der Waals surface area contributed by atoms with E-state index in [-0.39, 0.29) is 15.6 Å². The fourth-order valence-corrected chi connectivity index (χ4v) is 3.12. The van der Waals surface area contributed by atoms with Gasteiger partial charge >= 0.3 is 0 Å². The zero-order valence-electron chi connectivity index (χ0n) is 11.6. The topological polar surface area (TPSA) is 38.1 Å². The van der Waals surface area contributed by atoms with Gasteiger partial charge < -0.3 is 0 Å². The molecule has 6 heteroatoms. The summed E-state index contributed by atoms with van der Waals surface area (Å²) in [6.45, 7) is 0.384. The quantitative estimate of drug-likeness (QED) is 0.871. The Labute approximate surface area is 132 Å². The summed E-state index contributed by atoms with van der Waals surface area (Å²) < 4.78 is 1.34. The van der Waals surface area contributed by atoms with Crippen molar-refractivity contribution in [3.05, 3.63) is 62.0 Å². The van der Waals surface area contributed by atoms with Crippen LogP contribution in [0.15, 0.2) is 35.3 Å². The minimum absolute atomic E-state index is 0.0203. The summed E-state index contributed by atoms with van der Waals surface area (Å²) in [5.41, 5.74) is 2.35. The number of aryl methyl sites for hydroxylation is 1. The third-order valence-electron chi connectivity index (χ3n) is 3.93. The Morgan fingerprint density at radius 3 is 2.95 bits per heavy atom. The van der Waals surface area contributed by atoms with E-state index in [1.54, 1.807) is 0 Å². The van der Waals surface area contributed by atoms with Gasteiger partial charge in [0.25, 0.3) is 5.56 Å². The smallest absolute Gasteiger partial charge is 0.280 e. The van der Waals surface area contributed by atoms with Gasteiger partial charge in [-0.15, -0.1) is 0 Å². The second-order valence-electron chi connectivity index (χ2n) is 5.26. The molecule has 1 heterocycles. The van der Waals surface area contributed by atoms with Crippen LogP contribution in [-0.2, 0) is 13.1 Å². The summed E-state index contributed by atoms with van der Waals surface area (Å²) in [5, 5.41) is 4.26. The first-order valence-corrected chi connectivity index (χ1v) is 7.52. The molecule has 4 nitrogen and oxygen atoms in total. The lowest BCUT2D eigenvalue weighted by Gasteiger charge is -2.25. The summed E-state index contributed by atoms with van der Waals surface area (Å²) in [6, 6.07) is 8.71. The molecule has 0 bridgehead atoms. The highest BCUT2D eigenvalue weighted by molar-refractivity contribution is 6.41. The number of hydrogen-bond acceptors (Lipinski definition) is 3. The van der Waals surface area contributed by atoms with Gasteiger partial charge in [-0.05, 0) is 31.0 Å². The Bertz CT molecular complexity index is 729. The molecular weight excluding hydrogens is 309 g/mol. The molecule has 0 N–H and O–H groups in total. The van der Waals surface area contributed by atoms with Crippen LogP contribution in [0, 0.1) is 0 Å². The number of hydrogen-bond donors (Lipinski definition) is 0. The first-order chi connectivity index (χ1) is 10.1. The molecule has 0 saturated heterocycles. The predicted octanol–water partition coefficient (Wildman–Crippen LogP) is 3.13. The molecule has 0 fully saturated rings. The fourth-order valence-electron chi connectivity index (χ4n) is 2.85. The highest BCUT2D eigenvalue weighted by Gasteiger charge is 2.25. The van der Waals surface area contributed by atoms with Crippen LogP contribution >= 0.6 is 23.2 Å². The maximum atomic E-state index is 12.0. The van der Waals surface area contributed by atoms with Crippen molar-refractivity contribution >= 4 is 23.2 Å². The Kier molecular flexibility index (Phi) is 4.02. The van der Waals surface area contributed by atoms with Gasteiger partial charge in [-0.1, -0.05) is 47.5 Å². The molecule has 1 aromatic heterocycles. The van der Waals surface area contributed by atoms with Crippen molar-refractivity contribution in [3.8, 4) is 0 Å². The molecule has 0 aliphatic heterocycles. The minimum Gasteiger partial charge on any atom is -0.280 e. The van der Waals surface area contributed by atoms with E-state index < -0.39 is 0 Å².